The summed E-state index contributed by atoms with van der Waals surface area (Å²) in [7, 11) is 0. The average molecular weight is 367 g/mol. The summed E-state index contributed by atoms with van der Waals surface area (Å²) in [6, 6.07) is 9.38. The van der Waals surface area contributed by atoms with E-state index in [0.29, 0.717) is 0 Å². The van der Waals surface area contributed by atoms with E-state index in [1.54, 1.807) is 5.57 Å². The van der Waals surface area contributed by atoms with Gasteiger partial charge in [-0.15, -0.1) is 0 Å². The Balaban J connectivity index is 1.38. The van der Waals surface area contributed by atoms with E-state index in [0.717, 1.165) is 17.8 Å². The third-order valence-corrected chi connectivity index (χ3v) is 7.37. The Morgan fingerprint density at radius 2 is 1.44 bits per heavy atom. The summed E-state index contributed by atoms with van der Waals surface area (Å²) in [6.07, 6.45) is 22.2. The molecule has 0 amide bonds. The van der Waals surface area contributed by atoms with E-state index >= 15 is 0 Å². The Kier molecular flexibility index (Phi) is 8.49. The molecule has 0 nitrogen and oxygen atoms in total. The minimum absolute atomic E-state index is 0.995. The molecule has 3 rings (SSSR count). The van der Waals surface area contributed by atoms with Crippen molar-refractivity contribution in [1.29, 1.82) is 0 Å². The summed E-state index contributed by atoms with van der Waals surface area (Å²) in [5, 5.41) is 0. The van der Waals surface area contributed by atoms with E-state index in [1.165, 1.54) is 101 Å². The van der Waals surface area contributed by atoms with Crippen LogP contribution in [0.25, 0.3) is 0 Å². The van der Waals surface area contributed by atoms with Crippen LogP contribution in [0.15, 0.2) is 35.9 Å². The van der Waals surface area contributed by atoms with Crippen LogP contribution in [0.5, 0.6) is 0 Å². The van der Waals surface area contributed by atoms with Gasteiger partial charge in [-0.3, -0.25) is 0 Å². The monoisotopic (exact) mass is 366 g/mol. The first-order valence-electron chi connectivity index (χ1n) is 12.0. The van der Waals surface area contributed by atoms with Gasteiger partial charge >= 0.3 is 0 Å². The molecule has 2 aliphatic carbocycles. The zero-order chi connectivity index (χ0) is 18.9. The smallest absolute Gasteiger partial charge is 0.0241 e. The quantitative estimate of drug-likeness (QED) is 0.385. The van der Waals surface area contributed by atoms with Crippen LogP contribution >= 0.6 is 0 Å². The second-order valence-electron chi connectivity index (χ2n) is 9.39. The van der Waals surface area contributed by atoms with Crippen molar-refractivity contribution in [1.82, 2.24) is 0 Å². The van der Waals surface area contributed by atoms with Crippen molar-refractivity contribution >= 4 is 0 Å². The maximum Gasteiger partial charge on any atom is -0.0241 e. The fourth-order valence-electron chi connectivity index (χ4n) is 5.47. The standard InChI is InChI=1S/C27H42/c1-3-5-7-23-14-18-26(19-15-23)27-20-16-25(17-21-27)13-12-24-10-8-22(6-4-2)9-11-24/h8-11,16,23,26-27H,3-7,12-15,17-21H2,1-2H3. The molecule has 1 saturated carbocycles. The lowest BCUT2D eigenvalue weighted by atomic mass is 9.70. The van der Waals surface area contributed by atoms with Crippen LogP contribution < -0.4 is 0 Å². The van der Waals surface area contributed by atoms with Gasteiger partial charge in [0, 0.05) is 0 Å². The SMILES string of the molecule is CCCCC1CCC(C2CC=C(CCc3ccc(CCC)cc3)CC2)CC1. The van der Waals surface area contributed by atoms with Crippen LogP contribution in [-0.4, -0.2) is 0 Å². The number of hydrogen-bond donors (Lipinski definition) is 0. The van der Waals surface area contributed by atoms with Gasteiger partial charge in [-0.2, -0.15) is 0 Å². The molecule has 1 atom stereocenters. The van der Waals surface area contributed by atoms with Crippen LogP contribution in [0.4, 0.5) is 0 Å². The van der Waals surface area contributed by atoms with E-state index < -0.39 is 0 Å². The van der Waals surface area contributed by atoms with Crippen LogP contribution in [0, 0.1) is 17.8 Å². The molecule has 0 radical (unpaired) electrons. The molecule has 0 aliphatic heterocycles. The second kappa shape index (κ2) is 11.1. The Morgan fingerprint density at radius 3 is 2.04 bits per heavy atom. The van der Waals surface area contributed by atoms with Crippen LogP contribution in [0.1, 0.15) is 102 Å². The van der Waals surface area contributed by atoms with Crippen molar-refractivity contribution in [2.75, 3.05) is 0 Å². The summed E-state index contributed by atoms with van der Waals surface area (Å²) in [4.78, 5) is 0. The Labute approximate surface area is 168 Å². The van der Waals surface area contributed by atoms with E-state index in [4.69, 9.17) is 0 Å². The molecular weight excluding hydrogens is 324 g/mol. The Bertz CT molecular complexity index is 556. The van der Waals surface area contributed by atoms with Crippen molar-refractivity contribution in [3.05, 3.63) is 47.0 Å². The van der Waals surface area contributed by atoms with Crippen molar-refractivity contribution < 1.29 is 0 Å². The van der Waals surface area contributed by atoms with Crippen molar-refractivity contribution in [2.45, 2.75) is 104 Å². The third kappa shape index (κ3) is 6.51. The molecule has 0 aromatic heterocycles. The Morgan fingerprint density at radius 1 is 0.741 bits per heavy atom. The molecule has 2 aliphatic rings. The number of hydrogen-bond acceptors (Lipinski definition) is 0. The molecule has 150 valence electrons. The van der Waals surface area contributed by atoms with E-state index in [9.17, 15) is 0 Å². The molecule has 1 fully saturated rings. The number of allylic oxidation sites excluding steroid dienone is 2. The van der Waals surface area contributed by atoms with E-state index in [2.05, 4.69) is 44.2 Å². The molecule has 0 heterocycles. The first-order chi connectivity index (χ1) is 13.3. The number of benzene rings is 1. The lowest BCUT2D eigenvalue weighted by molar-refractivity contribution is 0.185. The van der Waals surface area contributed by atoms with Gasteiger partial charge in [-0.25, -0.2) is 0 Å². The van der Waals surface area contributed by atoms with Gasteiger partial charge in [0.2, 0.25) is 0 Å². The number of unbranched alkanes of at least 4 members (excludes halogenated alkanes) is 1. The number of aryl methyl sites for hydroxylation is 2. The third-order valence-electron chi connectivity index (χ3n) is 7.37. The summed E-state index contributed by atoms with van der Waals surface area (Å²) >= 11 is 0. The van der Waals surface area contributed by atoms with Gasteiger partial charge in [0.1, 0.15) is 0 Å². The van der Waals surface area contributed by atoms with Gasteiger partial charge in [-0.1, -0.05) is 88.3 Å². The van der Waals surface area contributed by atoms with Crippen molar-refractivity contribution in [2.24, 2.45) is 17.8 Å². The highest BCUT2D eigenvalue weighted by molar-refractivity contribution is 5.23. The zero-order valence-corrected chi connectivity index (χ0v) is 18.0. The predicted molar refractivity (Wildman–Crippen MR) is 119 cm³/mol. The molecule has 0 bridgehead atoms. The number of rotatable bonds is 9. The van der Waals surface area contributed by atoms with Gasteiger partial charge < -0.3 is 0 Å². The van der Waals surface area contributed by atoms with Crippen LogP contribution in [-0.2, 0) is 12.8 Å². The predicted octanol–water partition coefficient (Wildman–Crippen LogP) is 8.29. The van der Waals surface area contributed by atoms with Crippen LogP contribution in [0.2, 0.25) is 0 Å². The molecule has 0 heteroatoms. The lowest BCUT2D eigenvalue weighted by Crippen LogP contribution is -2.23. The fourth-order valence-corrected chi connectivity index (χ4v) is 5.47. The lowest BCUT2D eigenvalue weighted by Gasteiger charge is -2.35. The maximum atomic E-state index is 2.63. The highest BCUT2D eigenvalue weighted by Gasteiger charge is 2.28. The average Bonchev–Trinajstić information content (AvgIpc) is 2.73. The van der Waals surface area contributed by atoms with Crippen LogP contribution in [0.3, 0.4) is 0 Å². The summed E-state index contributed by atoms with van der Waals surface area (Å²) in [5.74, 6) is 3.08. The first kappa shape index (κ1) is 20.7. The van der Waals surface area contributed by atoms with Gasteiger partial charge in [0.15, 0.2) is 0 Å². The minimum atomic E-state index is 0.995. The molecule has 27 heavy (non-hydrogen) atoms. The minimum Gasteiger partial charge on any atom is -0.0850 e. The molecule has 0 spiro atoms. The first-order valence-corrected chi connectivity index (χ1v) is 12.0. The zero-order valence-electron chi connectivity index (χ0n) is 18.0. The van der Waals surface area contributed by atoms with Crippen molar-refractivity contribution in [3.8, 4) is 0 Å². The summed E-state index contributed by atoms with van der Waals surface area (Å²) in [5.41, 5.74) is 4.74. The fraction of sp³-hybridized carbons (Fsp3) is 0.704. The normalized spacial score (nSPS) is 26.0. The maximum absolute atomic E-state index is 2.63. The molecule has 1 aromatic rings. The van der Waals surface area contributed by atoms with E-state index in [1.807, 2.05) is 0 Å². The highest BCUT2D eigenvalue weighted by atomic mass is 14.3. The molecule has 0 N–H and O–H groups in total. The topological polar surface area (TPSA) is 0 Å². The summed E-state index contributed by atoms with van der Waals surface area (Å²) < 4.78 is 0. The van der Waals surface area contributed by atoms with Gasteiger partial charge in [0.25, 0.3) is 0 Å². The van der Waals surface area contributed by atoms with Crippen molar-refractivity contribution in [3.63, 3.8) is 0 Å². The summed E-state index contributed by atoms with van der Waals surface area (Å²) in [6.45, 7) is 4.59. The molecule has 1 unspecified atom stereocenters. The second-order valence-corrected chi connectivity index (χ2v) is 9.39. The Hall–Kier alpha value is -1.04. The molecular formula is C27H42. The van der Waals surface area contributed by atoms with Gasteiger partial charge in [0.05, 0.1) is 0 Å². The molecule has 1 aromatic carbocycles. The molecule has 0 saturated heterocycles. The van der Waals surface area contributed by atoms with E-state index in [-0.39, 0.29) is 0 Å². The van der Waals surface area contributed by atoms with Gasteiger partial charge in [-0.05, 0) is 80.2 Å². The highest BCUT2D eigenvalue weighted by Crippen LogP contribution is 2.41. The largest absolute Gasteiger partial charge is 0.0850 e.